The number of rotatable bonds is 5. The molecular formula is C13H15N3O3. The van der Waals surface area contributed by atoms with Crippen molar-refractivity contribution in [3.8, 4) is 0 Å². The molecule has 0 spiro atoms. The fraction of sp³-hybridized carbons (Fsp3) is 0.308. The lowest BCUT2D eigenvalue weighted by Gasteiger charge is -2.12. The second-order valence-electron chi connectivity index (χ2n) is 4.37. The van der Waals surface area contributed by atoms with Gasteiger partial charge >= 0.3 is 11.9 Å². The summed E-state index contributed by atoms with van der Waals surface area (Å²) in [5.74, 6) is -1.22. The highest BCUT2D eigenvalue weighted by Crippen LogP contribution is 2.14. The van der Waals surface area contributed by atoms with E-state index in [-0.39, 0.29) is 5.89 Å². The van der Waals surface area contributed by atoms with Crippen molar-refractivity contribution in [3.63, 3.8) is 0 Å². The maximum Gasteiger partial charge on any atom is 0.393 e. The Kier molecular flexibility index (Phi) is 3.79. The van der Waals surface area contributed by atoms with Crippen molar-refractivity contribution in [3.05, 3.63) is 41.6 Å². The Labute approximate surface area is 110 Å². The number of nitrogens with zero attached hydrogens (tertiary/aromatic N) is 3. The van der Waals surface area contributed by atoms with Gasteiger partial charge in [0.25, 0.3) is 0 Å². The number of aryl methyl sites for hydroxylation is 2. The van der Waals surface area contributed by atoms with Gasteiger partial charge in [0.05, 0.1) is 0 Å². The SMILES string of the molecule is CN(C)c1ccc(CCc2nnc(C(=O)O)o2)cc1. The van der Waals surface area contributed by atoms with Crippen LogP contribution in [0.5, 0.6) is 0 Å². The van der Waals surface area contributed by atoms with E-state index >= 15 is 0 Å². The van der Waals surface area contributed by atoms with E-state index in [1.54, 1.807) is 0 Å². The summed E-state index contributed by atoms with van der Waals surface area (Å²) in [4.78, 5) is 12.6. The van der Waals surface area contributed by atoms with Crippen molar-refractivity contribution in [2.24, 2.45) is 0 Å². The molecule has 0 saturated carbocycles. The first kappa shape index (κ1) is 13.1. The van der Waals surface area contributed by atoms with Gasteiger partial charge < -0.3 is 14.4 Å². The van der Waals surface area contributed by atoms with Crippen LogP contribution >= 0.6 is 0 Å². The average Bonchev–Trinajstić information content (AvgIpc) is 2.86. The molecule has 0 fully saturated rings. The third kappa shape index (κ3) is 3.31. The minimum Gasteiger partial charge on any atom is -0.474 e. The molecular weight excluding hydrogens is 246 g/mol. The van der Waals surface area contributed by atoms with Crippen molar-refractivity contribution >= 4 is 11.7 Å². The maximum absolute atomic E-state index is 10.6. The monoisotopic (exact) mass is 261 g/mol. The molecule has 1 aromatic heterocycles. The molecule has 1 aromatic carbocycles. The van der Waals surface area contributed by atoms with Gasteiger partial charge in [-0.05, 0) is 24.1 Å². The first-order valence-electron chi connectivity index (χ1n) is 5.88. The number of carboxylic acids is 1. The Morgan fingerprint density at radius 2 is 1.89 bits per heavy atom. The van der Waals surface area contributed by atoms with E-state index in [0.717, 1.165) is 17.7 Å². The summed E-state index contributed by atoms with van der Waals surface area (Å²) < 4.78 is 5.00. The summed E-state index contributed by atoms with van der Waals surface area (Å²) in [5.41, 5.74) is 2.27. The fourth-order valence-corrected chi connectivity index (χ4v) is 1.65. The van der Waals surface area contributed by atoms with Gasteiger partial charge in [0.1, 0.15) is 0 Å². The topological polar surface area (TPSA) is 79.5 Å². The molecule has 0 aliphatic carbocycles. The first-order chi connectivity index (χ1) is 9.06. The standard InChI is InChI=1S/C13H15N3O3/c1-16(2)10-6-3-9(4-7-10)5-8-11-14-15-12(19-11)13(17)18/h3-4,6-7H,5,8H2,1-2H3,(H,17,18). The Morgan fingerprint density at radius 1 is 1.21 bits per heavy atom. The van der Waals surface area contributed by atoms with Gasteiger partial charge in [-0.25, -0.2) is 4.79 Å². The van der Waals surface area contributed by atoms with Crippen molar-refractivity contribution in [2.75, 3.05) is 19.0 Å². The molecule has 0 aliphatic rings. The average molecular weight is 261 g/mol. The first-order valence-corrected chi connectivity index (χ1v) is 5.88. The molecule has 2 aromatic rings. The number of carbonyl (C=O) groups is 1. The summed E-state index contributed by atoms with van der Waals surface area (Å²) in [6, 6.07) is 8.13. The van der Waals surface area contributed by atoms with Gasteiger partial charge in [0, 0.05) is 26.2 Å². The zero-order valence-corrected chi connectivity index (χ0v) is 10.8. The van der Waals surface area contributed by atoms with Crippen LogP contribution in [0.2, 0.25) is 0 Å². The Hall–Kier alpha value is -2.37. The summed E-state index contributed by atoms with van der Waals surface area (Å²) in [6.45, 7) is 0. The molecule has 0 unspecified atom stereocenters. The molecule has 6 heteroatoms. The van der Waals surface area contributed by atoms with E-state index < -0.39 is 5.97 Å². The second-order valence-corrected chi connectivity index (χ2v) is 4.37. The smallest absolute Gasteiger partial charge is 0.393 e. The van der Waals surface area contributed by atoms with Crippen molar-refractivity contribution in [1.82, 2.24) is 10.2 Å². The molecule has 100 valence electrons. The third-order valence-electron chi connectivity index (χ3n) is 2.73. The van der Waals surface area contributed by atoms with E-state index in [2.05, 4.69) is 10.2 Å². The number of anilines is 1. The summed E-state index contributed by atoms with van der Waals surface area (Å²) in [5, 5.41) is 15.8. The molecule has 2 rings (SSSR count). The highest BCUT2D eigenvalue weighted by molar-refractivity contribution is 5.81. The molecule has 19 heavy (non-hydrogen) atoms. The minimum absolute atomic E-state index is 0.342. The second kappa shape index (κ2) is 5.51. The molecule has 1 N–H and O–H groups in total. The highest BCUT2D eigenvalue weighted by atomic mass is 16.4. The lowest BCUT2D eigenvalue weighted by atomic mass is 10.1. The number of benzene rings is 1. The van der Waals surface area contributed by atoms with Crippen LogP contribution in [-0.4, -0.2) is 35.4 Å². The highest BCUT2D eigenvalue weighted by Gasteiger charge is 2.12. The number of hydrogen-bond acceptors (Lipinski definition) is 5. The summed E-state index contributed by atoms with van der Waals surface area (Å²) in [7, 11) is 3.97. The van der Waals surface area contributed by atoms with Gasteiger partial charge in [0.15, 0.2) is 0 Å². The van der Waals surface area contributed by atoms with Crippen LogP contribution in [-0.2, 0) is 12.8 Å². The lowest BCUT2D eigenvalue weighted by molar-refractivity contribution is 0.0651. The molecule has 0 amide bonds. The Bertz CT molecular complexity index is 561. The van der Waals surface area contributed by atoms with Crippen LogP contribution < -0.4 is 4.90 Å². The maximum atomic E-state index is 10.6. The molecule has 6 nitrogen and oxygen atoms in total. The van der Waals surface area contributed by atoms with Gasteiger partial charge in [0.2, 0.25) is 5.89 Å². The normalized spacial score (nSPS) is 10.4. The van der Waals surface area contributed by atoms with Crippen LogP contribution in [0.15, 0.2) is 28.7 Å². The van der Waals surface area contributed by atoms with E-state index in [1.807, 2.05) is 43.3 Å². The molecule has 0 aliphatic heterocycles. The van der Waals surface area contributed by atoms with Gasteiger partial charge in [-0.15, -0.1) is 10.2 Å². The van der Waals surface area contributed by atoms with E-state index in [1.165, 1.54) is 0 Å². The predicted octanol–water partition coefficient (Wildman–Crippen LogP) is 1.62. The predicted molar refractivity (Wildman–Crippen MR) is 69.4 cm³/mol. The molecule has 0 saturated heterocycles. The molecule has 1 heterocycles. The summed E-state index contributed by atoms with van der Waals surface area (Å²) in [6.07, 6.45) is 1.26. The van der Waals surface area contributed by atoms with Gasteiger partial charge in [-0.2, -0.15) is 0 Å². The zero-order chi connectivity index (χ0) is 13.8. The quantitative estimate of drug-likeness (QED) is 0.881. The largest absolute Gasteiger partial charge is 0.474 e. The molecule has 0 radical (unpaired) electrons. The van der Waals surface area contributed by atoms with Crippen molar-refractivity contribution in [2.45, 2.75) is 12.8 Å². The fourth-order valence-electron chi connectivity index (χ4n) is 1.65. The van der Waals surface area contributed by atoms with Gasteiger partial charge in [-0.3, -0.25) is 0 Å². The van der Waals surface area contributed by atoms with E-state index in [4.69, 9.17) is 9.52 Å². The van der Waals surface area contributed by atoms with Crippen LogP contribution in [0.1, 0.15) is 22.1 Å². The zero-order valence-electron chi connectivity index (χ0n) is 10.8. The van der Waals surface area contributed by atoms with E-state index in [9.17, 15) is 4.79 Å². The van der Waals surface area contributed by atoms with Crippen LogP contribution in [0, 0.1) is 0 Å². The van der Waals surface area contributed by atoms with Crippen molar-refractivity contribution < 1.29 is 14.3 Å². The number of aromatic nitrogens is 2. The number of aromatic carboxylic acids is 1. The summed E-state index contributed by atoms with van der Waals surface area (Å²) >= 11 is 0. The number of hydrogen-bond donors (Lipinski definition) is 1. The number of carboxylic acid groups (broad SMARTS) is 1. The third-order valence-corrected chi connectivity index (χ3v) is 2.73. The van der Waals surface area contributed by atoms with Crippen LogP contribution in [0.4, 0.5) is 5.69 Å². The van der Waals surface area contributed by atoms with Gasteiger partial charge in [-0.1, -0.05) is 12.1 Å². The van der Waals surface area contributed by atoms with Crippen molar-refractivity contribution in [1.29, 1.82) is 0 Å². The Balaban J connectivity index is 1.96. The Morgan fingerprint density at radius 3 is 2.42 bits per heavy atom. The van der Waals surface area contributed by atoms with Crippen LogP contribution in [0.3, 0.4) is 0 Å². The lowest BCUT2D eigenvalue weighted by Crippen LogP contribution is -2.08. The molecule has 0 atom stereocenters. The minimum atomic E-state index is -1.20. The molecule has 0 bridgehead atoms. The van der Waals surface area contributed by atoms with E-state index in [0.29, 0.717) is 12.3 Å². The van der Waals surface area contributed by atoms with Crippen LogP contribution in [0.25, 0.3) is 0 Å².